The van der Waals surface area contributed by atoms with Gasteiger partial charge in [0.15, 0.2) is 11.5 Å². The molecular weight excluding hydrogens is 504 g/mol. The normalized spacial score (nSPS) is 21.0. The number of aryl methyl sites for hydroxylation is 1. The lowest BCUT2D eigenvalue weighted by molar-refractivity contribution is -0.122. The average molecular weight is 533 g/mol. The van der Waals surface area contributed by atoms with Gasteiger partial charge in [0.05, 0.1) is 41.5 Å². The van der Waals surface area contributed by atoms with E-state index >= 15 is 0 Å². The molecule has 35 heavy (non-hydrogen) atoms. The standard InChI is InChI=1S/C29H29BrN2O3/c1-4-35-29-21(30)13-20(16-26(29)34-3)28-27-24(31-22-7-5-6-8-23(22)32-28)14-19(15-25(27)33)18-11-9-17(2)10-12-18/h5-14,16,19,27-28,31-32H,4,15H2,1-3H3. The van der Waals surface area contributed by atoms with E-state index in [-0.39, 0.29) is 23.7 Å². The van der Waals surface area contributed by atoms with Crippen molar-refractivity contribution in [1.29, 1.82) is 0 Å². The monoisotopic (exact) mass is 532 g/mol. The number of carbonyl (C=O) groups excluding carboxylic acids is 1. The summed E-state index contributed by atoms with van der Waals surface area (Å²) in [7, 11) is 1.63. The highest BCUT2D eigenvalue weighted by atomic mass is 79.9. The number of ketones is 1. The molecule has 0 fully saturated rings. The van der Waals surface area contributed by atoms with Gasteiger partial charge in [-0.1, -0.05) is 48.0 Å². The molecule has 6 heteroatoms. The van der Waals surface area contributed by atoms with Gasteiger partial charge in [0.25, 0.3) is 0 Å². The van der Waals surface area contributed by atoms with Crippen molar-refractivity contribution in [1.82, 2.24) is 0 Å². The van der Waals surface area contributed by atoms with E-state index in [0.29, 0.717) is 24.5 Å². The molecule has 0 amide bonds. The third-order valence-electron chi connectivity index (χ3n) is 6.74. The van der Waals surface area contributed by atoms with Crippen LogP contribution in [0.25, 0.3) is 0 Å². The van der Waals surface area contributed by atoms with E-state index in [0.717, 1.165) is 32.7 Å². The van der Waals surface area contributed by atoms with E-state index in [1.165, 1.54) is 5.56 Å². The maximum atomic E-state index is 13.8. The number of benzene rings is 3. The molecule has 0 saturated carbocycles. The summed E-state index contributed by atoms with van der Waals surface area (Å²) in [4.78, 5) is 13.8. The fraction of sp³-hybridized carbons (Fsp3) is 0.276. The third-order valence-corrected chi connectivity index (χ3v) is 7.33. The van der Waals surface area contributed by atoms with Gasteiger partial charge >= 0.3 is 0 Å². The number of fused-ring (bicyclic) bond motifs is 2. The van der Waals surface area contributed by atoms with Crippen LogP contribution in [0.4, 0.5) is 11.4 Å². The Balaban J connectivity index is 1.62. The molecule has 2 N–H and O–H groups in total. The summed E-state index contributed by atoms with van der Waals surface area (Å²) in [5, 5.41) is 7.24. The van der Waals surface area contributed by atoms with Crippen molar-refractivity contribution in [3.8, 4) is 11.5 Å². The maximum Gasteiger partial charge on any atom is 0.175 e. The Morgan fingerprint density at radius 3 is 2.49 bits per heavy atom. The number of rotatable bonds is 5. The number of hydrogen-bond donors (Lipinski definition) is 2. The number of halogens is 1. The molecule has 3 atom stereocenters. The van der Waals surface area contributed by atoms with E-state index in [2.05, 4.69) is 63.8 Å². The van der Waals surface area contributed by atoms with Crippen LogP contribution in [-0.4, -0.2) is 19.5 Å². The first-order chi connectivity index (χ1) is 17.0. The minimum Gasteiger partial charge on any atom is -0.493 e. The Kier molecular flexibility index (Phi) is 6.56. The second-order valence-corrected chi connectivity index (χ2v) is 9.90. The number of nitrogens with one attached hydrogen (secondary N) is 2. The van der Waals surface area contributed by atoms with Crippen LogP contribution in [0.3, 0.4) is 0 Å². The molecule has 3 aromatic rings. The van der Waals surface area contributed by atoms with Gasteiger partial charge in [-0.25, -0.2) is 0 Å². The molecule has 3 unspecified atom stereocenters. The van der Waals surface area contributed by atoms with Crippen LogP contribution in [-0.2, 0) is 4.79 Å². The number of hydrogen-bond acceptors (Lipinski definition) is 5. The number of carbonyl (C=O) groups is 1. The Hall–Kier alpha value is -3.25. The molecule has 0 spiro atoms. The van der Waals surface area contributed by atoms with Crippen LogP contribution in [0, 0.1) is 12.8 Å². The summed E-state index contributed by atoms with van der Waals surface area (Å²) in [5.41, 5.74) is 6.16. The van der Waals surface area contributed by atoms with Crippen molar-refractivity contribution in [2.75, 3.05) is 24.4 Å². The first kappa shape index (κ1) is 23.5. The first-order valence-corrected chi connectivity index (χ1v) is 12.7. The van der Waals surface area contributed by atoms with Gasteiger partial charge in [-0.3, -0.25) is 4.79 Å². The molecule has 2 aliphatic rings. The fourth-order valence-electron chi connectivity index (χ4n) is 5.01. The van der Waals surface area contributed by atoms with Crippen molar-refractivity contribution in [3.63, 3.8) is 0 Å². The summed E-state index contributed by atoms with van der Waals surface area (Å²) >= 11 is 3.66. The van der Waals surface area contributed by atoms with Crippen molar-refractivity contribution in [2.45, 2.75) is 32.2 Å². The van der Waals surface area contributed by atoms with E-state index < -0.39 is 0 Å². The molecule has 5 nitrogen and oxygen atoms in total. The Bertz CT molecular complexity index is 1290. The van der Waals surface area contributed by atoms with Crippen LogP contribution < -0.4 is 20.1 Å². The minimum atomic E-state index is -0.362. The van der Waals surface area contributed by atoms with Crippen molar-refractivity contribution in [3.05, 3.63) is 93.6 Å². The lowest BCUT2D eigenvalue weighted by Crippen LogP contribution is -2.33. The summed E-state index contributed by atoms with van der Waals surface area (Å²) in [6.45, 7) is 4.55. The summed E-state index contributed by atoms with van der Waals surface area (Å²) in [6.07, 6.45) is 2.69. The molecule has 1 aliphatic heterocycles. The molecule has 180 valence electrons. The molecule has 0 aromatic heterocycles. The zero-order chi connectivity index (χ0) is 24.5. The highest BCUT2D eigenvalue weighted by molar-refractivity contribution is 9.10. The molecule has 3 aromatic carbocycles. The smallest absolute Gasteiger partial charge is 0.175 e. The van der Waals surface area contributed by atoms with E-state index in [1.54, 1.807) is 7.11 Å². The Morgan fingerprint density at radius 2 is 1.77 bits per heavy atom. The number of allylic oxidation sites excluding steroid dienone is 1. The SMILES string of the molecule is CCOc1c(Br)cc(C2Nc3ccccc3NC3=CC(c4ccc(C)cc4)CC(=O)C32)cc1OC. The second kappa shape index (κ2) is 9.78. The second-order valence-electron chi connectivity index (χ2n) is 9.05. The van der Waals surface area contributed by atoms with Crippen LogP contribution in [0.2, 0.25) is 0 Å². The zero-order valence-electron chi connectivity index (χ0n) is 20.1. The molecule has 0 bridgehead atoms. The van der Waals surface area contributed by atoms with Gasteiger partial charge in [-0.2, -0.15) is 0 Å². The number of methoxy groups -OCH3 is 1. The molecular formula is C29H29BrN2O3. The number of ether oxygens (including phenoxy) is 2. The van der Waals surface area contributed by atoms with Crippen LogP contribution in [0.1, 0.15) is 42.0 Å². The molecule has 1 aliphatic carbocycles. The first-order valence-electron chi connectivity index (χ1n) is 11.9. The van der Waals surface area contributed by atoms with Gasteiger partial charge in [-0.05, 0) is 65.2 Å². The number of anilines is 2. The topological polar surface area (TPSA) is 59.6 Å². The predicted molar refractivity (Wildman–Crippen MR) is 143 cm³/mol. The lowest BCUT2D eigenvalue weighted by atomic mass is 9.76. The van der Waals surface area contributed by atoms with Crippen molar-refractivity contribution in [2.24, 2.45) is 5.92 Å². The minimum absolute atomic E-state index is 0.0364. The van der Waals surface area contributed by atoms with Gasteiger partial charge < -0.3 is 20.1 Å². The van der Waals surface area contributed by atoms with Crippen LogP contribution >= 0.6 is 15.9 Å². The van der Waals surface area contributed by atoms with Crippen LogP contribution in [0.5, 0.6) is 11.5 Å². The summed E-state index contributed by atoms with van der Waals surface area (Å²) < 4.78 is 12.3. The van der Waals surface area contributed by atoms with Crippen molar-refractivity contribution >= 4 is 33.1 Å². The van der Waals surface area contributed by atoms with Gasteiger partial charge in [0.2, 0.25) is 0 Å². The van der Waals surface area contributed by atoms with Crippen LogP contribution in [0.15, 0.2) is 76.9 Å². The Morgan fingerprint density at radius 1 is 1.03 bits per heavy atom. The van der Waals surface area contributed by atoms with E-state index in [9.17, 15) is 4.79 Å². The highest BCUT2D eigenvalue weighted by Crippen LogP contribution is 2.47. The lowest BCUT2D eigenvalue weighted by Gasteiger charge is -2.33. The quantitative estimate of drug-likeness (QED) is 0.370. The number of para-hydroxylation sites is 2. The summed E-state index contributed by atoms with van der Waals surface area (Å²) in [6, 6.07) is 20.3. The van der Waals surface area contributed by atoms with Gasteiger partial charge in [-0.15, -0.1) is 0 Å². The van der Waals surface area contributed by atoms with Gasteiger partial charge in [0, 0.05) is 18.0 Å². The molecule has 0 saturated heterocycles. The zero-order valence-corrected chi connectivity index (χ0v) is 21.7. The van der Waals surface area contributed by atoms with Crippen molar-refractivity contribution < 1.29 is 14.3 Å². The highest BCUT2D eigenvalue weighted by Gasteiger charge is 2.40. The van der Waals surface area contributed by atoms with Gasteiger partial charge in [0.1, 0.15) is 5.78 Å². The Labute approximate surface area is 214 Å². The predicted octanol–water partition coefficient (Wildman–Crippen LogP) is 7.00. The van der Waals surface area contributed by atoms with E-state index in [4.69, 9.17) is 9.47 Å². The largest absolute Gasteiger partial charge is 0.493 e. The molecule has 5 rings (SSSR count). The molecule has 1 heterocycles. The molecule has 0 radical (unpaired) electrons. The fourth-order valence-corrected chi connectivity index (χ4v) is 5.59. The number of Topliss-reactive ketones (excluding diaryl/α,β-unsaturated/α-hetero) is 1. The maximum absolute atomic E-state index is 13.8. The van der Waals surface area contributed by atoms with E-state index in [1.807, 2.05) is 43.3 Å². The average Bonchev–Trinajstić information content (AvgIpc) is 3.02. The third kappa shape index (κ3) is 4.55. The summed E-state index contributed by atoms with van der Waals surface area (Å²) in [5.74, 6) is 1.17.